The summed E-state index contributed by atoms with van der Waals surface area (Å²) in [5.41, 5.74) is 0. The Labute approximate surface area is 87.4 Å². The van der Waals surface area contributed by atoms with Gasteiger partial charge in [-0.1, -0.05) is 5.16 Å². The van der Waals surface area contributed by atoms with E-state index in [1.54, 1.807) is 0 Å². The van der Waals surface area contributed by atoms with Gasteiger partial charge in [-0.2, -0.15) is 0 Å². The van der Waals surface area contributed by atoms with Crippen molar-refractivity contribution in [3.8, 4) is 0 Å². The highest BCUT2D eigenvalue weighted by Gasteiger charge is 2.28. The normalized spacial score (nSPS) is 16.9. The lowest BCUT2D eigenvalue weighted by molar-refractivity contribution is 0.153. The zero-order chi connectivity index (χ0) is 13.9. The van der Waals surface area contributed by atoms with E-state index in [0.717, 1.165) is 12.5 Å². The summed E-state index contributed by atoms with van der Waals surface area (Å²) in [5.74, 6) is 0. The number of carbonyl (C=O) groups is 1. The Morgan fingerprint density at radius 3 is 2.64 bits per heavy atom. The lowest BCUT2D eigenvalue weighted by atomic mass is 10.2. The molecule has 0 aliphatic heterocycles. The summed E-state index contributed by atoms with van der Waals surface area (Å²) in [7, 11) is -3.41. The van der Waals surface area contributed by atoms with Crippen LogP contribution in [0, 0.1) is 0 Å². The molecule has 0 aliphatic carbocycles. The molecule has 1 amide bonds. The Balaban J connectivity index is 4.45. The van der Waals surface area contributed by atoms with E-state index in [0.29, 0.717) is 0 Å². The van der Waals surface area contributed by atoms with E-state index in [4.69, 9.17) is 4.11 Å². The van der Waals surface area contributed by atoms with Gasteiger partial charge in [0.1, 0.15) is 4.75 Å². The number of amides is 1. The van der Waals surface area contributed by atoms with Crippen molar-refractivity contribution in [2.75, 3.05) is 13.2 Å². The fourth-order valence-electron chi connectivity index (χ4n) is 0.320. The minimum atomic E-state index is -3.41. The first-order valence-electron chi connectivity index (χ1n) is 5.08. The molecule has 0 saturated carbocycles. The van der Waals surface area contributed by atoms with Crippen LogP contribution in [0.4, 0.5) is 4.79 Å². The van der Waals surface area contributed by atoms with Gasteiger partial charge in [0.15, 0.2) is 9.84 Å². The van der Waals surface area contributed by atoms with Crippen LogP contribution in [0.2, 0.25) is 0 Å². The molecule has 0 unspecified atom stereocenters. The molecule has 0 aromatic heterocycles. The predicted molar refractivity (Wildman–Crippen MR) is 53.0 cm³/mol. The van der Waals surface area contributed by atoms with Crippen molar-refractivity contribution in [3.63, 3.8) is 0 Å². The SMILES string of the molecule is [2H]C([2H])([2H])NC(=O)ON=CC(C)(C)S(C)(=O)=O. The smallest absolute Gasteiger partial charge is 0.323 e. The Morgan fingerprint density at radius 1 is 1.64 bits per heavy atom. The van der Waals surface area contributed by atoms with Gasteiger partial charge in [-0.25, -0.2) is 13.2 Å². The number of sulfone groups is 1. The topological polar surface area (TPSA) is 84.8 Å². The second-order valence-corrected chi connectivity index (χ2v) is 5.71. The molecule has 14 heavy (non-hydrogen) atoms. The highest BCUT2D eigenvalue weighted by molar-refractivity contribution is 7.92. The summed E-state index contributed by atoms with van der Waals surface area (Å²) < 4.78 is 41.2. The van der Waals surface area contributed by atoms with Gasteiger partial charge in [-0.15, -0.1) is 0 Å². The Kier molecular flexibility index (Phi) is 2.59. The van der Waals surface area contributed by atoms with Crippen molar-refractivity contribution in [1.29, 1.82) is 0 Å². The number of rotatable bonds is 3. The van der Waals surface area contributed by atoms with Crippen molar-refractivity contribution in [2.45, 2.75) is 18.6 Å². The molecule has 0 aromatic rings. The van der Waals surface area contributed by atoms with Gasteiger partial charge in [0, 0.05) is 17.3 Å². The molecule has 1 N–H and O–H groups in total. The molecular formula is C7H14N2O4S. The van der Waals surface area contributed by atoms with Gasteiger partial charge in [0.2, 0.25) is 0 Å². The summed E-state index contributed by atoms with van der Waals surface area (Å²) in [4.78, 5) is 15.0. The molecule has 0 aromatic carbocycles. The molecule has 82 valence electrons. The fourth-order valence-corrected chi connectivity index (χ4v) is 0.554. The van der Waals surface area contributed by atoms with Crippen LogP contribution >= 0.6 is 0 Å². The van der Waals surface area contributed by atoms with E-state index < -0.39 is 27.7 Å². The van der Waals surface area contributed by atoms with Crippen LogP contribution in [-0.4, -0.2) is 38.7 Å². The highest BCUT2D eigenvalue weighted by atomic mass is 32.2. The first-order valence-corrected chi connectivity index (χ1v) is 5.47. The largest absolute Gasteiger partial charge is 0.433 e. The second kappa shape index (κ2) is 4.41. The van der Waals surface area contributed by atoms with E-state index in [9.17, 15) is 13.2 Å². The molecule has 0 bridgehead atoms. The van der Waals surface area contributed by atoms with Crippen LogP contribution in [0.5, 0.6) is 0 Å². The Bertz CT molecular complexity index is 413. The van der Waals surface area contributed by atoms with Crippen molar-refractivity contribution in [3.05, 3.63) is 0 Å². The average molecular weight is 225 g/mol. The molecule has 0 fully saturated rings. The molecule has 0 heterocycles. The number of hydrogen-bond acceptors (Lipinski definition) is 5. The van der Waals surface area contributed by atoms with Gasteiger partial charge >= 0.3 is 6.09 Å². The predicted octanol–water partition coefficient (Wildman–Crippen LogP) is 0.151. The molecule has 0 saturated heterocycles. The minimum absolute atomic E-state index is 0.904. The van der Waals surface area contributed by atoms with E-state index in [-0.39, 0.29) is 0 Å². The maximum Gasteiger partial charge on any atom is 0.433 e. The van der Waals surface area contributed by atoms with Crippen LogP contribution in [0.1, 0.15) is 18.0 Å². The van der Waals surface area contributed by atoms with Crippen molar-refractivity contribution >= 4 is 22.1 Å². The summed E-state index contributed by atoms with van der Waals surface area (Å²) in [5, 5.41) is 4.65. The molecule has 0 atom stereocenters. The summed E-state index contributed by atoms with van der Waals surface area (Å²) in [6, 6.07) is 0. The van der Waals surface area contributed by atoms with Gasteiger partial charge < -0.3 is 5.32 Å². The van der Waals surface area contributed by atoms with E-state index >= 15 is 0 Å². The first-order chi connectivity index (χ1) is 7.35. The highest BCUT2D eigenvalue weighted by Crippen LogP contribution is 2.11. The van der Waals surface area contributed by atoms with Crippen LogP contribution in [0.25, 0.3) is 0 Å². The molecule has 6 nitrogen and oxygen atoms in total. The monoisotopic (exact) mass is 225 g/mol. The van der Waals surface area contributed by atoms with Crippen LogP contribution in [0.3, 0.4) is 0 Å². The molecule has 0 spiro atoms. The maximum absolute atomic E-state index is 11.2. The molecule has 7 heteroatoms. The van der Waals surface area contributed by atoms with Gasteiger partial charge in [0.05, 0.1) is 6.21 Å². The second-order valence-electron chi connectivity index (χ2n) is 3.11. The van der Waals surface area contributed by atoms with E-state index in [2.05, 4.69) is 9.99 Å². The number of carbonyl (C=O) groups excluding carboxylic acids is 1. The van der Waals surface area contributed by atoms with E-state index in [1.807, 2.05) is 0 Å². The Hall–Kier alpha value is -1.11. The van der Waals surface area contributed by atoms with Gasteiger partial charge in [-0.05, 0) is 13.8 Å². The zero-order valence-corrected chi connectivity index (χ0v) is 8.88. The fraction of sp³-hybridized carbons (Fsp3) is 0.714. The first kappa shape index (κ1) is 8.22. The molecule has 0 aliphatic rings. The van der Waals surface area contributed by atoms with Crippen molar-refractivity contribution < 1.29 is 22.2 Å². The third kappa shape index (κ3) is 3.73. The number of hydrogen-bond donors (Lipinski definition) is 1. The summed E-state index contributed by atoms with van der Waals surface area (Å²) >= 11 is 0. The Morgan fingerprint density at radius 2 is 2.21 bits per heavy atom. The number of oxime groups is 1. The minimum Gasteiger partial charge on any atom is -0.323 e. The van der Waals surface area contributed by atoms with Gasteiger partial charge in [0.25, 0.3) is 0 Å². The third-order valence-corrected chi connectivity index (χ3v) is 3.57. The maximum atomic E-state index is 11.2. The molecule has 0 radical (unpaired) electrons. The average Bonchev–Trinajstić information content (AvgIpc) is 1.97. The van der Waals surface area contributed by atoms with Gasteiger partial charge in [-0.3, -0.25) is 4.84 Å². The number of nitrogens with zero attached hydrogens (tertiary/aromatic N) is 1. The summed E-state index contributed by atoms with van der Waals surface area (Å²) in [6.45, 7) is 0.0344. The summed E-state index contributed by atoms with van der Waals surface area (Å²) in [6.07, 6.45) is 0.619. The lowest BCUT2D eigenvalue weighted by Crippen LogP contribution is -2.32. The zero-order valence-electron chi connectivity index (χ0n) is 11.1. The standard InChI is InChI=1S/C7H14N2O4S/c1-7(2,14(4,11)12)5-9-13-6(10)8-3/h5H,1-4H3,(H,8,10)/i3D3. The lowest BCUT2D eigenvalue weighted by Gasteiger charge is -2.15. The van der Waals surface area contributed by atoms with Crippen molar-refractivity contribution in [2.24, 2.45) is 5.16 Å². The number of nitrogens with one attached hydrogen (secondary N) is 1. The quantitative estimate of drug-likeness (QED) is 0.421. The van der Waals surface area contributed by atoms with Crippen LogP contribution in [-0.2, 0) is 14.7 Å². The van der Waals surface area contributed by atoms with E-state index in [1.165, 1.54) is 19.2 Å². The van der Waals surface area contributed by atoms with Crippen LogP contribution < -0.4 is 5.32 Å². The molecule has 0 rings (SSSR count). The third-order valence-electron chi connectivity index (χ3n) is 1.56. The molecular weight excluding hydrogens is 208 g/mol. The van der Waals surface area contributed by atoms with Crippen LogP contribution in [0.15, 0.2) is 5.16 Å². The van der Waals surface area contributed by atoms with Crippen molar-refractivity contribution in [1.82, 2.24) is 5.32 Å².